The molecule has 0 aromatic heterocycles. The molecule has 1 aliphatic rings. The molecule has 170 valence electrons. The van der Waals surface area contributed by atoms with Gasteiger partial charge in [0, 0.05) is 24.2 Å². The van der Waals surface area contributed by atoms with Crippen molar-refractivity contribution < 1.29 is 32.4 Å². The maximum absolute atomic E-state index is 12.8. The standard InChI is InChI=1S/C21H14F3N3O5S/c1-2-9-26-19(29)16(18(28)25-20(26)33)11-12-10-14(27(30)31)5-8-17(12)32-15-6-3-13(4-7-15)21(22,23)24/h2-8,10-11H,1,9H2,(H,25,28,33). The number of carbonyl (C=O) groups excluding carboxylic acids is 2. The molecule has 1 N–H and O–H groups in total. The van der Waals surface area contributed by atoms with Gasteiger partial charge in [0.2, 0.25) is 0 Å². The molecule has 1 fully saturated rings. The number of hydrogen-bond donors (Lipinski definition) is 1. The van der Waals surface area contributed by atoms with Crippen molar-refractivity contribution in [3.63, 3.8) is 0 Å². The lowest BCUT2D eigenvalue weighted by atomic mass is 10.1. The van der Waals surface area contributed by atoms with E-state index < -0.39 is 28.5 Å². The van der Waals surface area contributed by atoms with Gasteiger partial charge in [-0.2, -0.15) is 13.2 Å². The number of ether oxygens (including phenoxy) is 1. The first-order chi connectivity index (χ1) is 15.5. The number of alkyl halides is 3. The van der Waals surface area contributed by atoms with Crippen molar-refractivity contribution >= 4 is 40.9 Å². The van der Waals surface area contributed by atoms with Crippen LogP contribution in [0.3, 0.4) is 0 Å². The normalized spacial score (nSPS) is 15.4. The molecule has 0 atom stereocenters. The van der Waals surface area contributed by atoms with E-state index in [1.54, 1.807) is 0 Å². The molecule has 1 heterocycles. The molecule has 2 aromatic rings. The zero-order valence-electron chi connectivity index (χ0n) is 16.6. The van der Waals surface area contributed by atoms with Gasteiger partial charge < -0.3 is 4.74 Å². The second-order valence-corrected chi connectivity index (χ2v) is 7.01. The number of amides is 2. The van der Waals surface area contributed by atoms with Gasteiger partial charge in [0.1, 0.15) is 17.1 Å². The summed E-state index contributed by atoms with van der Waals surface area (Å²) in [5, 5.41) is 13.4. The number of hydrogen-bond acceptors (Lipinski definition) is 6. The van der Waals surface area contributed by atoms with Gasteiger partial charge in [-0.1, -0.05) is 6.08 Å². The number of rotatable bonds is 6. The lowest BCUT2D eigenvalue weighted by molar-refractivity contribution is -0.384. The van der Waals surface area contributed by atoms with Gasteiger partial charge in [0.25, 0.3) is 17.5 Å². The summed E-state index contributed by atoms with van der Waals surface area (Å²) in [5.74, 6) is -1.60. The molecule has 2 aromatic carbocycles. The Hall–Kier alpha value is -4.06. The number of carbonyl (C=O) groups is 2. The van der Waals surface area contributed by atoms with Crippen molar-refractivity contribution in [3.8, 4) is 11.5 Å². The van der Waals surface area contributed by atoms with Crippen LogP contribution in [-0.2, 0) is 15.8 Å². The van der Waals surface area contributed by atoms with Crippen molar-refractivity contribution in [1.82, 2.24) is 10.2 Å². The smallest absolute Gasteiger partial charge is 0.416 e. The van der Waals surface area contributed by atoms with Crippen LogP contribution in [0, 0.1) is 10.1 Å². The van der Waals surface area contributed by atoms with Crippen LogP contribution in [-0.4, -0.2) is 33.3 Å². The molecule has 0 radical (unpaired) electrons. The van der Waals surface area contributed by atoms with Crippen molar-refractivity contribution in [3.05, 3.63) is 81.9 Å². The Morgan fingerprint density at radius 1 is 1.18 bits per heavy atom. The first-order valence-electron chi connectivity index (χ1n) is 9.14. The highest BCUT2D eigenvalue weighted by molar-refractivity contribution is 7.80. The summed E-state index contributed by atoms with van der Waals surface area (Å²) in [7, 11) is 0. The van der Waals surface area contributed by atoms with E-state index in [4.69, 9.17) is 17.0 Å². The molecule has 3 rings (SSSR count). The Morgan fingerprint density at radius 2 is 1.85 bits per heavy atom. The minimum Gasteiger partial charge on any atom is -0.457 e. The van der Waals surface area contributed by atoms with E-state index >= 15 is 0 Å². The quantitative estimate of drug-likeness (QED) is 0.167. The summed E-state index contributed by atoms with van der Waals surface area (Å²) < 4.78 is 43.9. The highest BCUT2D eigenvalue weighted by Crippen LogP contribution is 2.34. The molecule has 0 unspecified atom stereocenters. The molecule has 0 bridgehead atoms. The maximum atomic E-state index is 12.8. The van der Waals surface area contributed by atoms with Crippen LogP contribution >= 0.6 is 12.2 Å². The van der Waals surface area contributed by atoms with Crippen molar-refractivity contribution in [2.24, 2.45) is 0 Å². The number of nitrogens with one attached hydrogen (secondary N) is 1. The van der Waals surface area contributed by atoms with Gasteiger partial charge in [0.15, 0.2) is 5.11 Å². The third-order valence-electron chi connectivity index (χ3n) is 4.41. The number of halogens is 3. The zero-order chi connectivity index (χ0) is 24.3. The summed E-state index contributed by atoms with van der Waals surface area (Å²) in [6, 6.07) is 7.16. The Labute approximate surface area is 190 Å². The van der Waals surface area contributed by atoms with Gasteiger partial charge in [0.05, 0.1) is 10.5 Å². The predicted molar refractivity (Wildman–Crippen MR) is 115 cm³/mol. The highest BCUT2D eigenvalue weighted by atomic mass is 32.1. The van der Waals surface area contributed by atoms with Crippen LogP contribution in [0.15, 0.2) is 60.7 Å². The van der Waals surface area contributed by atoms with E-state index in [0.29, 0.717) is 0 Å². The van der Waals surface area contributed by atoms with Gasteiger partial charge in [-0.05, 0) is 48.6 Å². The third kappa shape index (κ3) is 5.23. The maximum Gasteiger partial charge on any atom is 0.416 e. The van der Waals surface area contributed by atoms with Crippen LogP contribution in [0.2, 0.25) is 0 Å². The third-order valence-corrected chi connectivity index (χ3v) is 4.73. The first-order valence-corrected chi connectivity index (χ1v) is 9.55. The Bertz CT molecular complexity index is 1190. The van der Waals surface area contributed by atoms with Gasteiger partial charge in [-0.3, -0.25) is 29.9 Å². The number of thiocarbonyl (C=S) groups is 1. The number of nitro benzene ring substituents is 1. The number of benzene rings is 2. The second-order valence-electron chi connectivity index (χ2n) is 6.63. The average molecular weight is 477 g/mol. The summed E-state index contributed by atoms with van der Waals surface area (Å²) in [5.41, 5.74) is -1.63. The first kappa shape index (κ1) is 23.6. The molecule has 33 heavy (non-hydrogen) atoms. The van der Waals surface area contributed by atoms with Crippen LogP contribution in [0.1, 0.15) is 11.1 Å². The number of nitro groups is 1. The van der Waals surface area contributed by atoms with Crippen molar-refractivity contribution in [1.29, 1.82) is 0 Å². The molecule has 1 saturated heterocycles. The molecule has 12 heteroatoms. The van der Waals surface area contributed by atoms with E-state index in [2.05, 4.69) is 11.9 Å². The predicted octanol–water partition coefficient (Wildman–Crippen LogP) is 4.22. The largest absolute Gasteiger partial charge is 0.457 e. The molecular weight excluding hydrogens is 463 g/mol. The van der Waals surface area contributed by atoms with Gasteiger partial charge >= 0.3 is 6.18 Å². The Balaban J connectivity index is 2.03. The van der Waals surface area contributed by atoms with Crippen LogP contribution in [0.25, 0.3) is 6.08 Å². The van der Waals surface area contributed by atoms with E-state index in [9.17, 15) is 32.9 Å². The molecule has 2 amide bonds. The summed E-state index contributed by atoms with van der Waals surface area (Å²) in [6.45, 7) is 3.53. The topological polar surface area (TPSA) is 102 Å². The van der Waals surface area contributed by atoms with Crippen molar-refractivity contribution in [2.45, 2.75) is 6.18 Å². The summed E-state index contributed by atoms with van der Waals surface area (Å²) in [6.07, 6.45) is -2.05. The van der Waals surface area contributed by atoms with E-state index in [1.807, 2.05) is 0 Å². The molecule has 0 aliphatic carbocycles. The molecule has 0 spiro atoms. The highest BCUT2D eigenvalue weighted by Gasteiger charge is 2.33. The summed E-state index contributed by atoms with van der Waals surface area (Å²) in [4.78, 5) is 36.7. The number of nitrogens with zero attached hydrogens (tertiary/aromatic N) is 2. The molecule has 0 saturated carbocycles. The molecule has 1 aliphatic heterocycles. The monoisotopic (exact) mass is 477 g/mol. The molecular formula is C21H14F3N3O5S. The van der Waals surface area contributed by atoms with E-state index in [-0.39, 0.29) is 40.0 Å². The Morgan fingerprint density at radius 3 is 2.42 bits per heavy atom. The zero-order valence-corrected chi connectivity index (χ0v) is 17.4. The average Bonchev–Trinajstić information content (AvgIpc) is 2.74. The SMILES string of the molecule is C=CCN1C(=O)C(=Cc2cc([N+](=O)[O-])ccc2Oc2ccc(C(F)(F)F)cc2)C(=O)NC1=S. The van der Waals surface area contributed by atoms with Crippen molar-refractivity contribution in [2.75, 3.05) is 6.54 Å². The lowest BCUT2D eigenvalue weighted by Crippen LogP contribution is -2.53. The fourth-order valence-corrected chi connectivity index (χ4v) is 3.09. The fraction of sp³-hybridized carbons (Fsp3) is 0.0952. The second kappa shape index (κ2) is 9.20. The fourth-order valence-electron chi connectivity index (χ4n) is 2.84. The van der Waals surface area contributed by atoms with Crippen LogP contribution in [0.4, 0.5) is 18.9 Å². The van der Waals surface area contributed by atoms with E-state index in [0.717, 1.165) is 47.4 Å². The molecule has 8 nitrogen and oxygen atoms in total. The van der Waals surface area contributed by atoms with Crippen LogP contribution in [0.5, 0.6) is 11.5 Å². The minimum atomic E-state index is -4.53. The van der Waals surface area contributed by atoms with Crippen LogP contribution < -0.4 is 10.1 Å². The minimum absolute atomic E-state index is 0.00499. The van der Waals surface area contributed by atoms with Gasteiger partial charge in [-0.25, -0.2) is 0 Å². The Kier molecular flexibility index (Phi) is 6.58. The lowest BCUT2D eigenvalue weighted by Gasteiger charge is -2.27. The van der Waals surface area contributed by atoms with E-state index in [1.165, 1.54) is 12.1 Å². The summed E-state index contributed by atoms with van der Waals surface area (Å²) >= 11 is 4.97. The van der Waals surface area contributed by atoms with Gasteiger partial charge in [-0.15, -0.1) is 6.58 Å². The number of non-ortho nitro benzene ring substituents is 1.